The summed E-state index contributed by atoms with van der Waals surface area (Å²) in [6.45, 7) is 0.343. The summed E-state index contributed by atoms with van der Waals surface area (Å²) in [5.74, 6) is 0.211. The highest BCUT2D eigenvalue weighted by Crippen LogP contribution is 2.34. The number of nitrogens with zero attached hydrogens (tertiary/aromatic N) is 3. The van der Waals surface area contributed by atoms with E-state index in [4.69, 9.17) is 4.74 Å². The number of amides is 1. The van der Waals surface area contributed by atoms with Crippen LogP contribution in [0.1, 0.15) is 11.1 Å². The van der Waals surface area contributed by atoms with Gasteiger partial charge in [0.25, 0.3) is 0 Å². The standard InChI is InChI=1S/C22H18FN3O2S/c1-28-18-5-2-6-19-21(18)25-22(29-19)26(14-16-4-3-11-24-13-16)20(27)12-15-7-9-17(23)10-8-15/h2-11,13H,12,14H2,1H3. The van der Waals surface area contributed by atoms with E-state index in [9.17, 15) is 9.18 Å². The zero-order valence-corrected chi connectivity index (χ0v) is 16.5. The minimum Gasteiger partial charge on any atom is -0.494 e. The van der Waals surface area contributed by atoms with Crippen molar-refractivity contribution in [3.05, 3.63) is 83.9 Å². The van der Waals surface area contributed by atoms with Crippen molar-refractivity contribution in [2.24, 2.45) is 0 Å². The van der Waals surface area contributed by atoms with Crippen LogP contribution in [0.15, 0.2) is 67.0 Å². The molecule has 0 bridgehead atoms. The van der Waals surface area contributed by atoms with Crippen molar-refractivity contribution in [1.82, 2.24) is 9.97 Å². The molecule has 4 aromatic rings. The second-order valence-electron chi connectivity index (χ2n) is 6.45. The number of carbonyl (C=O) groups is 1. The van der Waals surface area contributed by atoms with Crippen molar-refractivity contribution in [3.8, 4) is 5.75 Å². The summed E-state index contributed by atoms with van der Waals surface area (Å²) < 4.78 is 19.5. The number of para-hydroxylation sites is 1. The van der Waals surface area contributed by atoms with Crippen LogP contribution in [-0.4, -0.2) is 23.0 Å². The van der Waals surface area contributed by atoms with Crippen LogP contribution in [-0.2, 0) is 17.8 Å². The predicted octanol–water partition coefficient (Wildman–Crippen LogP) is 4.61. The third-order valence-corrected chi connectivity index (χ3v) is 5.50. The molecule has 4 rings (SSSR count). The smallest absolute Gasteiger partial charge is 0.233 e. The maximum absolute atomic E-state index is 13.2. The first-order valence-corrected chi connectivity index (χ1v) is 9.83. The van der Waals surface area contributed by atoms with Crippen LogP contribution in [0.25, 0.3) is 10.2 Å². The molecule has 0 spiro atoms. The maximum atomic E-state index is 13.2. The molecule has 0 N–H and O–H groups in total. The van der Waals surface area contributed by atoms with Gasteiger partial charge in [0.1, 0.15) is 17.1 Å². The van der Waals surface area contributed by atoms with E-state index in [0.717, 1.165) is 21.3 Å². The van der Waals surface area contributed by atoms with Gasteiger partial charge in [0.05, 0.1) is 24.8 Å². The Morgan fingerprint density at radius 1 is 1.10 bits per heavy atom. The van der Waals surface area contributed by atoms with Crippen LogP contribution in [0.2, 0.25) is 0 Å². The lowest BCUT2D eigenvalue weighted by Crippen LogP contribution is -2.31. The lowest BCUT2D eigenvalue weighted by Gasteiger charge is -2.20. The highest BCUT2D eigenvalue weighted by Gasteiger charge is 2.21. The fourth-order valence-corrected chi connectivity index (χ4v) is 4.00. The molecule has 0 aliphatic heterocycles. The molecule has 7 heteroatoms. The zero-order valence-electron chi connectivity index (χ0n) is 15.7. The molecule has 0 saturated carbocycles. The van der Waals surface area contributed by atoms with Crippen LogP contribution >= 0.6 is 11.3 Å². The number of thiazole rings is 1. The van der Waals surface area contributed by atoms with Gasteiger partial charge < -0.3 is 4.74 Å². The number of methoxy groups -OCH3 is 1. The minimum absolute atomic E-state index is 0.126. The van der Waals surface area contributed by atoms with Gasteiger partial charge in [0.2, 0.25) is 5.91 Å². The van der Waals surface area contributed by atoms with E-state index in [-0.39, 0.29) is 18.1 Å². The van der Waals surface area contributed by atoms with Crippen LogP contribution < -0.4 is 9.64 Å². The van der Waals surface area contributed by atoms with E-state index in [0.29, 0.717) is 17.4 Å². The van der Waals surface area contributed by atoms with E-state index < -0.39 is 0 Å². The molecule has 0 aliphatic carbocycles. The van der Waals surface area contributed by atoms with E-state index in [2.05, 4.69) is 9.97 Å². The predicted molar refractivity (Wildman–Crippen MR) is 112 cm³/mol. The number of anilines is 1. The summed E-state index contributed by atoms with van der Waals surface area (Å²) in [4.78, 5) is 23.6. The van der Waals surface area contributed by atoms with Crippen molar-refractivity contribution in [2.75, 3.05) is 12.0 Å². The highest BCUT2D eigenvalue weighted by molar-refractivity contribution is 7.22. The molecule has 5 nitrogen and oxygen atoms in total. The van der Waals surface area contributed by atoms with Crippen LogP contribution in [0.5, 0.6) is 5.75 Å². The van der Waals surface area contributed by atoms with Crippen LogP contribution in [0.3, 0.4) is 0 Å². The van der Waals surface area contributed by atoms with E-state index in [1.54, 1.807) is 36.5 Å². The van der Waals surface area contributed by atoms with Gasteiger partial charge in [-0.2, -0.15) is 0 Å². The second-order valence-corrected chi connectivity index (χ2v) is 7.46. The van der Waals surface area contributed by atoms with Gasteiger partial charge in [-0.1, -0.05) is 35.6 Å². The number of carbonyl (C=O) groups excluding carboxylic acids is 1. The Morgan fingerprint density at radius 3 is 2.66 bits per heavy atom. The number of hydrogen-bond donors (Lipinski definition) is 0. The number of hydrogen-bond acceptors (Lipinski definition) is 5. The van der Waals surface area contributed by atoms with Crippen molar-refractivity contribution >= 4 is 32.6 Å². The van der Waals surface area contributed by atoms with Crippen molar-refractivity contribution < 1.29 is 13.9 Å². The summed E-state index contributed by atoms with van der Waals surface area (Å²) in [7, 11) is 1.60. The number of ether oxygens (including phenoxy) is 1. The summed E-state index contributed by atoms with van der Waals surface area (Å²) >= 11 is 1.43. The number of fused-ring (bicyclic) bond motifs is 1. The molecular formula is C22H18FN3O2S. The van der Waals surface area contributed by atoms with Gasteiger partial charge in [0, 0.05) is 12.4 Å². The Kier molecular flexibility index (Phi) is 5.48. The lowest BCUT2D eigenvalue weighted by molar-refractivity contribution is -0.118. The third kappa shape index (κ3) is 4.25. The number of rotatable bonds is 6. The first kappa shape index (κ1) is 19.0. The number of pyridine rings is 1. The number of benzene rings is 2. The average molecular weight is 407 g/mol. The Bertz CT molecular complexity index is 1130. The fraction of sp³-hybridized carbons (Fsp3) is 0.136. The average Bonchev–Trinajstić information content (AvgIpc) is 3.18. The molecule has 0 fully saturated rings. The van der Waals surface area contributed by atoms with Crippen molar-refractivity contribution in [2.45, 2.75) is 13.0 Å². The van der Waals surface area contributed by atoms with Crippen molar-refractivity contribution in [3.63, 3.8) is 0 Å². The van der Waals surface area contributed by atoms with Gasteiger partial charge in [-0.3, -0.25) is 14.7 Å². The van der Waals surface area contributed by atoms with Crippen LogP contribution in [0.4, 0.5) is 9.52 Å². The molecule has 0 radical (unpaired) electrons. The minimum atomic E-state index is -0.327. The van der Waals surface area contributed by atoms with E-state index in [1.165, 1.54) is 23.5 Å². The lowest BCUT2D eigenvalue weighted by atomic mass is 10.1. The summed E-state index contributed by atoms with van der Waals surface area (Å²) in [6.07, 6.45) is 3.57. The quantitative estimate of drug-likeness (QED) is 0.468. The Morgan fingerprint density at radius 2 is 1.93 bits per heavy atom. The fourth-order valence-electron chi connectivity index (χ4n) is 3.00. The van der Waals surface area contributed by atoms with Gasteiger partial charge in [-0.15, -0.1) is 0 Å². The summed E-state index contributed by atoms with van der Waals surface area (Å²) in [5.41, 5.74) is 2.36. The van der Waals surface area contributed by atoms with E-state index in [1.807, 2.05) is 30.3 Å². The summed E-state index contributed by atoms with van der Waals surface area (Å²) in [6, 6.07) is 15.4. The Hall–Kier alpha value is -3.32. The molecule has 146 valence electrons. The molecule has 0 unspecified atom stereocenters. The first-order valence-electron chi connectivity index (χ1n) is 9.01. The number of aromatic nitrogens is 2. The van der Waals surface area contributed by atoms with Crippen molar-refractivity contribution in [1.29, 1.82) is 0 Å². The monoisotopic (exact) mass is 407 g/mol. The first-order chi connectivity index (χ1) is 14.1. The van der Waals surface area contributed by atoms with Gasteiger partial charge in [-0.25, -0.2) is 9.37 Å². The zero-order chi connectivity index (χ0) is 20.2. The molecule has 0 saturated heterocycles. The Balaban J connectivity index is 1.69. The molecule has 2 aromatic carbocycles. The summed E-state index contributed by atoms with van der Waals surface area (Å²) in [5, 5.41) is 0.584. The largest absolute Gasteiger partial charge is 0.494 e. The second kappa shape index (κ2) is 8.36. The number of halogens is 1. The molecular weight excluding hydrogens is 389 g/mol. The SMILES string of the molecule is COc1cccc2sc(N(Cc3cccnc3)C(=O)Cc3ccc(F)cc3)nc12. The molecule has 0 atom stereocenters. The van der Waals surface area contributed by atoms with Gasteiger partial charge in [0.15, 0.2) is 5.13 Å². The molecule has 1 amide bonds. The Labute approximate surface area is 171 Å². The third-order valence-electron chi connectivity index (χ3n) is 4.45. The molecule has 2 aromatic heterocycles. The topological polar surface area (TPSA) is 55.3 Å². The van der Waals surface area contributed by atoms with Crippen LogP contribution in [0, 0.1) is 5.82 Å². The van der Waals surface area contributed by atoms with E-state index >= 15 is 0 Å². The normalized spacial score (nSPS) is 10.8. The maximum Gasteiger partial charge on any atom is 0.233 e. The van der Waals surface area contributed by atoms with Gasteiger partial charge in [-0.05, 0) is 41.5 Å². The molecule has 2 heterocycles. The van der Waals surface area contributed by atoms with Gasteiger partial charge >= 0.3 is 0 Å². The molecule has 0 aliphatic rings. The molecule has 29 heavy (non-hydrogen) atoms. The highest BCUT2D eigenvalue weighted by atomic mass is 32.1.